The van der Waals surface area contributed by atoms with E-state index in [1.165, 1.54) is 0 Å². The predicted molar refractivity (Wildman–Crippen MR) is 62.3 cm³/mol. The second-order valence-electron chi connectivity index (χ2n) is 4.31. The van der Waals surface area contributed by atoms with Crippen molar-refractivity contribution in [1.82, 2.24) is 0 Å². The summed E-state index contributed by atoms with van der Waals surface area (Å²) >= 11 is 7.18. The van der Waals surface area contributed by atoms with Crippen LogP contribution in [0.4, 0.5) is 0 Å². The number of rotatable bonds is 0. The number of hydrogen-bond donors (Lipinski definition) is 0. The standard InChI is InChI=1S/C11H6Br2N2/c12-8-1-6(3-14)10-5-11(8,10)7(4-15)2-9(10)13/h1-2,8-9H,5H2/t8-,9+,10-,11?/m1/s1. The fraction of sp³-hybridized carbons (Fsp3) is 0.455. The van der Waals surface area contributed by atoms with Gasteiger partial charge in [0.1, 0.15) is 0 Å². The fourth-order valence-electron chi connectivity index (χ4n) is 3.20. The average Bonchev–Trinajstić information content (AvgIpc) is 2.81. The third-order valence-corrected chi connectivity index (χ3v) is 6.09. The monoisotopic (exact) mass is 324 g/mol. The molecule has 2 nitrogen and oxygen atoms in total. The van der Waals surface area contributed by atoms with Gasteiger partial charge in [0.15, 0.2) is 0 Å². The molecule has 0 aliphatic heterocycles. The molecule has 0 spiro atoms. The van der Waals surface area contributed by atoms with Crippen molar-refractivity contribution >= 4 is 31.9 Å². The molecule has 15 heavy (non-hydrogen) atoms. The first-order valence-corrected chi connectivity index (χ1v) is 6.49. The van der Waals surface area contributed by atoms with Gasteiger partial charge >= 0.3 is 0 Å². The molecule has 0 aromatic heterocycles. The topological polar surface area (TPSA) is 47.6 Å². The third kappa shape index (κ3) is 0.747. The number of hydrogen-bond acceptors (Lipinski definition) is 2. The Hall–Kier alpha value is -0.580. The minimum atomic E-state index is -0.124. The van der Waals surface area contributed by atoms with Gasteiger partial charge in [-0.3, -0.25) is 0 Å². The van der Waals surface area contributed by atoms with Gasteiger partial charge in [0.05, 0.1) is 12.1 Å². The highest BCUT2D eigenvalue weighted by Gasteiger charge is 2.81. The number of nitrogens with zero attached hydrogens (tertiary/aromatic N) is 2. The minimum Gasteiger partial charge on any atom is -0.193 e. The van der Waals surface area contributed by atoms with Gasteiger partial charge in [-0.1, -0.05) is 44.0 Å². The second kappa shape index (κ2) is 2.56. The molecular weight excluding hydrogens is 320 g/mol. The van der Waals surface area contributed by atoms with Gasteiger partial charge in [0.25, 0.3) is 0 Å². The van der Waals surface area contributed by atoms with Crippen molar-refractivity contribution < 1.29 is 0 Å². The molecule has 0 amide bonds. The van der Waals surface area contributed by atoms with Crippen molar-refractivity contribution in [2.45, 2.75) is 16.1 Å². The SMILES string of the molecule is N#CC1=C[C@H](Br)[C@]23CC12[C@H](Br)C=C3C#N. The van der Waals surface area contributed by atoms with Gasteiger partial charge < -0.3 is 0 Å². The molecule has 4 heteroatoms. The summed E-state index contributed by atoms with van der Waals surface area (Å²) in [6.45, 7) is 0. The number of nitriles is 2. The molecule has 0 aromatic rings. The summed E-state index contributed by atoms with van der Waals surface area (Å²) in [5.74, 6) is 0. The van der Waals surface area contributed by atoms with E-state index in [4.69, 9.17) is 10.5 Å². The van der Waals surface area contributed by atoms with Crippen molar-refractivity contribution in [1.29, 1.82) is 10.5 Å². The van der Waals surface area contributed by atoms with Crippen LogP contribution in [0.5, 0.6) is 0 Å². The van der Waals surface area contributed by atoms with E-state index in [1.807, 2.05) is 12.2 Å². The molecule has 0 N–H and O–H groups in total. The minimum absolute atomic E-state index is 0.124. The summed E-state index contributed by atoms with van der Waals surface area (Å²) in [6.07, 6.45) is 4.84. The lowest BCUT2D eigenvalue weighted by atomic mass is 9.91. The molecule has 4 atom stereocenters. The molecule has 0 radical (unpaired) electrons. The molecule has 0 bridgehead atoms. The Labute approximate surface area is 105 Å². The van der Waals surface area contributed by atoms with E-state index in [9.17, 15) is 0 Å². The molecule has 1 saturated carbocycles. The largest absolute Gasteiger partial charge is 0.193 e. The van der Waals surface area contributed by atoms with Crippen LogP contribution in [0.2, 0.25) is 0 Å². The van der Waals surface area contributed by atoms with Gasteiger partial charge in [-0.2, -0.15) is 10.5 Å². The van der Waals surface area contributed by atoms with E-state index in [-0.39, 0.29) is 20.5 Å². The molecule has 3 aliphatic carbocycles. The highest BCUT2D eigenvalue weighted by Crippen LogP contribution is 2.83. The summed E-state index contributed by atoms with van der Waals surface area (Å²) < 4.78 is 0. The first-order valence-electron chi connectivity index (χ1n) is 4.66. The van der Waals surface area contributed by atoms with E-state index >= 15 is 0 Å². The summed E-state index contributed by atoms with van der Waals surface area (Å²) in [7, 11) is 0. The van der Waals surface area contributed by atoms with Crippen LogP contribution < -0.4 is 0 Å². The molecule has 1 fully saturated rings. The molecule has 0 saturated heterocycles. The van der Waals surface area contributed by atoms with Crippen molar-refractivity contribution in [2.75, 3.05) is 0 Å². The Balaban J connectivity index is 2.19. The smallest absolute Gasteiger partial charge is 0.0951 e. The zero-order valence-electron chi connectivity index (χ0n) is 7.67. The molecule has 0 aromatic carbocycles. The summed E-state index contributed by atoms with van der Waals surface area (Å²) in [5, 5.41) is 18.3. The van der Waals surface area contributed by atoms with Gasteiger partial charge in [-0.05, 0) is 6.42 Å². The molecule has 0 heterocycles. The highest BCUT2D eigenvalue weighted by molar-refractivity contribution is 9.10. The van der Waals surface area contributed by atoms with E-state index in [0.717, 1.165) is 17.6 Å². The molecule has 3 aliphatic rings. The maximum Gasteiger partial charge on any atom is 0.0951 e. The molecule has 74 valence electrons. The average molecular weight is 326 g/mol. The number of alkyl halides is 2. The van der Waals surface area contributed by atoms with E-state index < -0.39 is 0 Å². The van der Waals surface area contributed by atoms with Crippen LogP contribution in [0.3, 0.4) is 0 Å². The maximum absolute atomic E-state index is 9.13. The normalized spacial score (nSPS) is 49.6. The fourth-order valence-corrected chi connectivity index (χ4v) is 5.36. The van der Waals surface area contributed by atoms with Crippen LogP contribution in [0, 0.1) is 33.5 Å². The van der Waals surface area contributed by atoms with Crippen LogP contribution in [0.15, 0.2) is 23.3 Å². The highest BCUT2D eigenvalue weighted by atomic mass is 79.9. The number of allylic oxidation sites excluding steroid dienone is 4. The Kier molecular flexibility index (Phi) is 1.65. The van der Waals surface area contributed by atoms with Crippen LogP contribution in [-0.4, -0.2) is 9.65 Å². The Morgan fingerprint density at radius 2 is 1.47 bits per heavy atom. The zero-order valence-corrected chi connectivity index (χ0v) is 10.8. The van der Waals surface area contributed by atoms with Crippen LogP contribution >= 0.6 is 31.9 Å². The molecule has 3 rings (SSSR count). The van der Waals surface area contributed by atoms with E-state index in [2.05, 4.69) is 44.0 Å². The maximum atomic E-state index is 9.13. The van der Waals surface area contributed by atoms with Crippen molar-refractivity contribution in [3.05, 3.63) is 23.3 Å². The summed E-state index contributed by atoms with van der Waals surface area (Å²) in [4.78, 5) is 0.265. The lowest BCUT2D eigenvalue weighted by Crippen LogP contribution is -2.18. The predicted octanol–water partition coefficient (Wildman–Crippen LogP) is 2.82. The van der Waals surface area contributed by atoms with Crippen molar-refractivity contribution in [3.63, 3.8) is 0 Å². The second-order valence-corrected chi connectivity index (χ2v) is 6.28. The van der Waals surface area contributed by atoms with Crippen LogP contribution in [-0.2, 0) is 0 Å². The quantitative estimate of drug-likeness (QED) is 0.643. The lowest BCUT2D eigenvalue weighted by molar-refractivity contribution is 0.550. The van der Waals surface area contributed by atoms with Gasteiger partial charge in [0, 0.05) is 31.6 Å². The Morgan fingerprint density at radius 1 is 1.07 bits per heavy atom. The van der Waals surface area contributed by atoms with Crippen molar-refractivity contribution in [2.24, 2.45) is 10.8 Å². The first-order chi connectivity index (χ1) is 7.13. The molecule has 1 unspecified atom stereocenters. The van der Waals surface area contributed by atoms with E-state index in [0.29, 0.717) is 0 Å². The Morgan fingerprint density at radius 3 is 1.80 bits per heavy atom. The number of halogens is 2. The van der Waals surface area contributed by atoms with Gasteiger partial charge in [0.2, 0.25) is 0 Å². The van der Waals surface area contributed by atoms with Gasteiger partial charge in [-0.25, -0.2) is 0 Å². The first kappa shape index (κ1) is 9.63. The van der Waals surface area contributed by atoms with E-state index in [1.54, 1.807) is 0 Å². The van der Waals surface area contributed by atoms with Crippen molar-refractivity contribution in [3.8, 4) is 12.1 Å². The third-order valence-electron chi connectivity index (χ3n) is 4.00. The Bertz CT molecular complexity index is 462. The lowest BCUT2D eigenvalue weighted by Gasteiger charge is -2.15. The summed E-state index contributed by atoms with van der Waals surface area (Å²) in [6, 6.07) is 4.55. The van der Waals surface area contributed by atoms with Gasteiger partial charge in [-0.15, -0.1) is 0 Å². The van der Waals surface area contributed by atoms with Crippen LogP contribution in [0.25, 0.3) is 0 Å². The summed E-state index contributed by atoms with van der Waals surface area (Å²) in [5.41, 5.74) is 1.41. The van der Waals surface area contributed by atoms with Crippen LogP contribution in [0.1, 0.15) is 6.42 Å². The zero-order chi connectivity index (χ0) is 10.8. The molecular formula is C11H6Br2N2.